The highest BCUT2D eigenvalue weighted by molar-refractivity contribution is 7.96. The van der Waals surface area contributed by atoms with E-state index in [4.69, 9.17) is 0 Å². The van der Waals surface area contributed by atoms with Crippen LogP contribution in [-0.2, 0) is 19.7 Å². The van der Waals surface area contributed by atoms with Crippen LogP contribution in [0.5, 0.6) is 0 Å². The van der Waals surface area contributed by atoms with E-state index in [2.05, 4.69) is 24.1 Å². The molecule has 1 fully saturated rings. The van der Waals surface area contributed by atoms with Crippen LogP contribution in [0.25, 0.3) is 0 Å². The van der Waals surface area contributed by atoms with Crippen LogP contribution >= 0.6 is 0 Å². The first-order valence-corrected chi connectivity index (χ1v) is 14.2. The van der Waals surface area contributed by atoms with E-state index in [-0.39, 0.29) is 22.3 Å². The molecule has 0 saturated carbocycles. The number of hydrogen-bond donors (Lipinski definition) is 1. The lowest BCUT2D eigenvalue weighted by atomic mass is 10.0. The van der Waals surface area contributed by atoms with Gasteiger partial charge in [0.15, 0.2) is 19.7 Å². The summed E-state index contributed by atoms with van der Waals surface area (Å²) in [6.07, 6.45) is 0. The van der Waals surface area contributed by atoms with Crippen molar-refractivity contribution in [3.8, 4) is 0 Å². The van der Waals surface area contributed by atoms with E-state index in [0.29, 0.717) is 6.54 Å². The lowest BCUT2D eigenvalue weighted by Gasteiger charge is -2.32. The van der Waals surface area contributed by atoms with Crippen molar-refractivity contribution in [2.45, 2.75) is 43.0 Å². The molecular weight excluding hydrogens is 451 g/mol. The molecule has 2 aromatic rings. The average Bonchev–Trinajstić information content (AvgIpc) is 3.06. The van der Waals surface area contributed by atoms with E-state index in [9.17, 15) is 21.2 Å². The highest BCUT2D eigenvalue weighted by atomic mass is 32.2. The van der Waals surface area contributed by atoms with Crippen molar-refractivity contribution in [2.24, 2.45) is 0 Å². The number of nitrogens with one attached hydrogen (secondary N) is 1. The molecular formula is C23H31FN2O4S2. The fourth-order valence-electron chi connectivity index (χ4n) is 4.47. The van der Waals surface area contributed by atoms with Gasteiger partial charge in [-0.05, 0) is 49.3 Å². The van der Waals surface area contributed by atoms with Crippen molar-refractivity contribution in [3.63, 3.8) is 0 Å². The molecule has 3 rings (SSSR count). The number of likely N-dealkylation sites (N-methyl/N-ethyl adjacent to an activating group) is 1. The smallest absolute Gasteiger partial charge is 0.184 e. The van der Waals surface area contributed by atoms with Crippen molar-refractivity contribution in [1.82, 2.24) is 10.2 Å². The molecule has 1 unspecified atom stereocenters. The summed E-state index contributed by atoms with van der Waals surface area (Å²) in [6, 6.07) is 12.6. The van der Waals surface area contributed by atoms with Crippen LogP contribution in [0.3, 0.4) is 0 Å². The van der Waals surface area contributed by atoms with Crippen LogP contribution in [0.1, 0.15) is 31.0 Å². The van der Waals surface area contributed by atoms with Gasteiger partial charge < -0.3 is 5.32 Å². The van der Waals surface area contributed by atoms with E-state index >= 15 is 0 Å². The zero-order valence-corrected chi connectivity index (χ0v) is 20.3. The van der Waals surface area contributed by atoms with Crippen molar-refractivity contribution < 1.29 is 21.2 Å². The summed E-state index contributed by atoms with van der Waals surface area (Å²) in [5, 5.41) is 2.15. The molecule has 0 bridgehead atoms. The second kappa shape index (κ2) is 9.99. The molecule has 1 aliphatic rings. The Morgan fingerprint density at radius 3 is 2.34 bits per heavy atom. The molecule has 3 atom stereocenters. The van der Waals surface area contributed by atoms with Gasteiger partial charge in [-0.2, -0.15) is 0 Å². The minimum atomic E-state index is -3.97. The standard InChI is InChI=1S/C23H31FN2O4S2/c1-4-26(5-2)21(18-9-7-6-8-10-18)14-25-20-15-31(27,28)16-23(20)32(29,30)22-12-11-19(24)13-17(22)3/h6-13,20-21,23,25H,4-5,14-16H2,1-3H3/t20-,21?,23-/m0/s1. The molecule has 0 amide bonds. The molecule has 32 heavy (non-hydrogen) atoms. The third kappa shape index (κ3) is 5.39. The van der Waals surface area contributed by atoms with E-state index in [1.165, 1.54) is 13.0 Å². The minimum Gasteiger partial charge on any atom is -0.310 e. The largest absolute Gasteiger partial charge is 0.310 e. The maximum Gasteiger partial charge on any atom is 0.184 e. The molecule has 176 valence electrons. The lowest BCUT2D eigenvalue weighted by Crippen LogP contribution is -2.47. The third-order valence-electron chi connectivity index (χ3n) is 6.15. The monoisotopic (exact) mass is 482 g/mol. The second-order valence-corrected chi connectivity index (χ2v) is 12.5. The number of sulfone groups is 2. The van der Waals surface area contributed by atoms with Gasteiger partial charge in [0.1, 0.15) is 5.82 Å². The molecule has 6 nitrogen and oxygen atoms in total. The van der Waals surface area contributed by atoms with Crippen LogP contribution in [0.15, 0.2) is 53.4 Å². The van der Waals surface area contributed by atoms with Crippen LogP contribution in [0, 0.1) is 12.7 Å². The van der Waals surface area contributed by atoms with Crippen molar-refractivity contribution in [2.75, 3.05) is 31.1 Å². The maximum absolute atomic E-state index is 13.5. The molecule has 0 radical (unpaired) electrons. The summed E-state index contributed by atoms with van der Waals surface area (Å²) in [6.45, 7) is 7.66. The predicted octanol–water partition coefficient (Wildman–Crippen LogP) is 2.75. The Labute approximate surface area is 190 Å². The Morgan fingerprint density at radius 1 is 1.09 bits per heavy atom. The van der Waals surface area contributed by atoms with E-state index in [1.807, 2.05) is 30.3 Å². The van der Waals surface area contributed by atoms with Gasteiger partial charge in [0, 0.05) is 18.6 Å². The first-order valence-electron chi connectivity index (χ1n) is 10.8. The fourth-order valence-corrected chi connectivity index (χ4v) is 9.41. The highest BCUT2D eigenvalue weighted by Crippen LogP contribution is 2.29. The van der Waals surface area contributed by atoms with E-state index < -0.39 is 42.5 Å². The van der Waals surface area contributed by atoms with Crippen molar-refractivity contribution >= 4 is 19.7 Å². The SMILES string of the molecule is CCN(CC)C(CN[C@H]1CS(=O)(=O)C[C@@H]1S(=O)(=O)c1ccc(F)cc1C)c1ccccc1. The second-order valence-electron chi connectivity index (χ2n) is 8.23. The predicted molar refractivity (Wildman–Crippen MR) is 125 cm³/mol. The summed E-state index contributed by atoms with van der Waals surface area (Å²) in [5.41, 5.74) is 1.36. The summed E-state index contributed by atoms with van der Waals surface area (Å²) in [7, 11) is -7.50. The molecule has 9 heteroatoms. The Balaban J connectivity index is 1.89. The lowest BCUT2D eigenvalue weighted by molar-refractivity contribution is 0.209. The Kier molecular flexibility index (Phi) is 7.75. The van der Waals surface area contributed by atoms with Crippen LogP contribution in [-0.4, -0.2) is 64.2 Å². The van der Waals surface area contributed by atoms with Gasteiger partial charge in [-0.1, -0.05) is 44.2 Å². The molecule has 1 N–H and O–H groups in total. The number of benzene rings is 2. The molecule has 1 aliphatic heterocycles. The first kappa shape index (κ1) is 24.8. The summed E-state index contributed by atoms with van der Waals surface area (Å²) < 4.78 is 65.2. The van der Waals surface area contributed by atoms with Crippen LogP contribution < -0.4 is 5.32 Å². The Morgan fingerprint density at radius 2 is 1.75 bits per heavy atom. The Hall–Kier alpha value is -1.81. The topological polar surface area (TPSA) is 83.6 Å². The number of rotatable bonds is 9. The minimum absolute atomic E-state index is 0.0175. The number of nitrogens with zero attached hydrogens (tertiary/aromatic N) is 1. The van der Waals surface area contributed by atoms with Gasteiger partial charge in [0.2, 0.25) is 0 Å². The van der Waals surface area contributed by atoms with Gasteiger partial charge in [0.25, 0.3) is 0 Å². The van der Waals surface area contributed by atoms with Crippen molar-refractivity contribution in [1.29, 1.82) is 0 Å². The molecule has 1 heterocycles. The summed E-state index contributed by atoms with van der Waals surface area (Å²) in [4.78, 5) is 2.23. The number of aryl methyl sites for hydroxylation is 1. The van der Waals surface area contributed by atoms with Gasteiger partial charge in [-0.15, -0.1) is 0 Å². The quantitative estimate of drug-likeness (QED) is 0.554. The van der Waals surface area contributed by atoms with Crippen LogP contribution in [0.2, 0.25) is 0 Å². The normalized spacial score (nSPS) is 21.7. The van der Waals surface area contributed by atoms with E-state index in [1.54, 1.807) is 0 Å². The number of hydrogen-bond acceptors (Lipinski definition) is 6. The highest BCUT2D eigenvalue weighted by Gasteiger charge is 2.46. The molecule has 1 saturated heterocycles. The zero-order chi connectivity index (χ0) is 23.5. The Bertz CT molecular complexity index is 1130. The van der Waals surface area contributed by atoms with Gasteiger partial charge in [0.05, 0.1) is 21.7 Å². The van der Waals surface area contributed by atoms with Gasteiger partial charge >= 0.3 is 0 Å². The van der Waals surface area contributed by atoms with Crippen molar-refractivity contribution in [3.05, 3.63) is 65.5 Å². The van der Waals surface area contributed by atoms with Gasteiger partial charge in [-0.25, -0.2) is 21.2 Å². The third-order valence-corrected chi connectivity index (χ3v) is 10.5. The fraction of sp³-hybridized carbons (Fsp3) is 0.478. The zero-order valence-electron chi connectivity index (χ0n) is 18.7. The van der Waals surface area contributed by atoms with E-state index in [0.717, 1.165) is 30.8 Å². The summed E-state index contributed by atoms with van der Waals surface area (Å²) in [5.74, 6) is -1.21. The molecule has 0 aliphatic carbocycles. The average molecular weight is 483 g/mol. The van der Waals surface area contributed by atoms with Crippen LogP contribution in [0.4, 0.5) is 4.39 Å². The number of halogens is 1. The molecule has 0 aromatic heterocycles. The molecule has 2 aromatic carbocycles. The van der Waals surface area contributed by atoms with Gasteiger partial charge in [-0.3, -0.25) is 4.90 Å². The summed E-state index contributed by atoms with van der Waals surface area (Å²) >= 11 is 0. The molecule has 0 spiro atoms. The maximum atomic E-state index is 13.5. The first-order chi connectivity index (χ1) is 15.1.